The minimum absolute atomic E-state index is 0.189. The fourth-order valence-corrected chi connectivity index (χ4v) is 2.38. The first kappa shape index (κ1) is 11.9. The van der Waals surface area contributed by atoms with E-state index in [1.807, 2.05) is 18.2 Å². The van der Waals surface area contributed by atoms with Crippen molar-refractivity contribution in [2.75, 3.05) is 14.2 Å². The van der Waals surface area contributed by atoms with Crippen molar-refractivity contribution in [1.29, 1.82) is 5.41 Å². The van der Waals surface area contributed by atoms with E-state index >= 15 is 0 Å². The molecule has 1 aromatic carbocycles. The Balaban J connectivity index is 2.38. The average molecular weight is 298 g/mol. The van der Waals surface area contributed by atoms with Crippen LogP contribution in [0.3, 0.4) is 0 Å². The molecule has 1 aliphatic rings. The summed E-state index contributed by atoms with van der Waals surface area (Å²) < 4.78 is 5.94. The second kappa shape index (κ2) is 4.37. The zero-order valence-electron chi connectivity index (χ0n) is 9.45. The molecular weight excluding hydrogens is 286 g/mol. The maximum Gasteiger partial charge on any atom is 0.323 e. The van der Waals surface area contributed by atoms with Crippen molar-refractivity contribution in [3.63, 3.8) is 0 Å². The van der Waals surface area contributed by atoms with E-state index in [0.29, 0.717) is 0 Å². The fourth-order valence-electron chi connectivity index (χ4n) is 1.83. The van der Waals surface area contributed by atoms with Crippen LogP contribution in [0.4, 0.5) is 4.79 Å². The molecular formula is C11H12BrN3O2. The molecule has 5 nitrogen and oxygen atoms in total. The Hall–Kier alpha value is -1.56. The van der Waals surface area contributed by atoms with Crippen LogP contribution in [0.1, 0.15) is 11.6 Å². The maximum atomic E-state index is 11.4. The number of nitrogens with one attached hydrogen (secondary N) is 2. The standard InChI is InChI=1S/C11H12BrN3O2/c1-15-9(10(13)14-11(15)16)6-3-4-8(17-2)7(12)5-6/h3-5,9H,1-2H3,(H2,13,14,16). The molecule has 0 aliphatic carbocycles. The number of hydrogen-bond donors (Lipinski definition) is 2. The van der Waals surface area contributed by atoms with Crippen molar-refractivity contribution in [3.05, 3.63) is 28.2 Å². The summed E-state index contributed by atoms with van der Waals surface area (Å²) in [6.07, 6.45) is 0. The van der Waals surface area contributed by atoms with Crippen LogP contribution in [0.15, 0.2) is 22.7 Å². The van der Waals surface area contributed by atoms with Gasteiger partial charge in [-0.15, -0.1) is 0 Å². The van der Waals surface area contributed by atoms with E-state index in [0.717, 1.165) is 15.8 Å². The van der Waals surface area contributed by atoms with E-state index in [1.54, 1.807) is 14.2 Å². The minimum Gasteiger partial charge on any atom is -0.496 e. The highest BCUT2D eigenvalue weighted by Crippen LogP contribution is 2.31. The van der Waals surface area contributed by atoms with E-state index in [1.165, 1.54) is 4.90 Å². The van der Waals surface area contributed by atoms with Gasteiger partial charge >= 0.3 is 6.03 Å². The number of methoxy groups -OCH3 is 1. The minimum atomic E-state index is -0.357. The molecule has 1 fully saturated rings. The predicted octanol–water partition coefficient (Wildman–Crippen LogP) is 2.13. The van der Waals surface area contributed by atoms with E-state index in [2.05, 4.69) is 21.2 Å². The highest BCUT2D eigenvalue weighted by atomic mass is 79.9. The van der Waals surface area contributed by atoms with Crippen LogP contribution in [-0.4, -0.2) is 30.9 Å². The number of amides is 2. The van der Waals surface area contributed by atoms with Gasteiger partial charge in [0.15, 0.2) is 0 Å². The topological polar surface area (TPSA) is 65.4 Å². The fraction of sp³-hybridized carbons (Fsp3) is 0.273. The van der Waals surface area contributed by atoms with Crippen LogP contribution in [0.25, 0.3) is 0 Å². The molecule has 0 bridgehead atoms. The lowest BCUT2D eigenvalue weighted by molar-refractivity contribution is 0.217. The first-order valence-electron chi connectivity index (χ1n) is 5.00. The quantitative estimate of drug-likeness (QED) is 0.878. The van der Waals surface area contributed by atoms with Crippen LogP contribution in [0.5, 0.6) is 5.75 Å². The summed E-state index contributed by atoms with van der Waals surface area (Å²) >= 11 is 3.39. The smallest absolute Gasteiger partial charge is 0.323 e. The van der Waals surface area contributed by atoms with Crippen molar-refractivity contribution in [2.45, 2.75) is 6.04 Å². The Morgan fingerprint density at radius 3 is 2.71 bits per heavy atom. The first-order chi connectivity index (χ1) is 8.04. The van der Waals surface area contributed by atoms with Gasteiger partial charge in [0.2, 0.25) is 0 Å². The molecule has 0 saturated carbocycles. The number of ether oxygens (including phenoxy) is 1. The van der Waals surface area contributed by atoms with Gasteiger partial charge < -0.3 is 9.64 Å². The number of halogens is 1. The number of amidine groups is 1. The normalized spacial score (nSPS) is 19.5. The second-order valence-corrected chi connectivity index (χ2v) is 4.61. The molecule has 90 valence electrons. The number of benzene rings is 1. The SMILES string of the molecule is COc1ccc(C2C(=N)NC(=O)N2C)cc1Br. The van der Waals surface area contributed by atoms with Gasteiger partial charge in [0.25, 0.3) is 0 Å². The number of carbonyl (C=O) groups is 1. The zero-order chi connectivity index (χ0) is 12.6. The van der Waals surface area contributed by atoms with Gasteiger partial charge in [0.05, 0.1) is 11.6 Å². The Morgan fingerprint density at radius 1 is 1.53 bits per heavy atom. The van der Waals surface area contributed by atoms with Crippen molar-refractivity contribution in [2.24, 2.45) is 0 Å². The largest absolute Gasteiger partial charge is 0.496 e. The summed E-state index contributed by atoms with van der Waals surface area (Å²) in [4.78, 5) is 12.9. The summed E-state index contributed by atoms with van der Waals surface area (Å²) in [5.74, 6) is 0.912. The van der Waals surface area contributed by atoms with Gasteiger partial charge in [-0.1, -0.05) is 6.07 Å². The molecule has 2 N–H and O–H groups in total. The third kappa shape index (κ3) is 2.00. The molecule has 0 radical (unpaired) electrons. The summed E-state index contributed by atoms with van der Waals surface area (Å²) in [5, 5.41) is 10.2. The molecule has 17 heavy (non-hydrogen) atoms. The Morgan fingerprint density at radius 2 is 2.24 bits per heavy atom. The highest BCUT2D eigenvalue weighted by Gasteiger charge is 2.34. The van der Waals surface area contributed by atoms with E-state index < -0.39 is 0 Å². The van der Waals surface area contributed by atoms with E-state index in [-0.39, 0.29) is 17.9 Å². The van der Waals surface area contributed by atoms with Gasteiger partial charge in [-0.2, -0.15) is 0 Å². The number of rotatable bonds is 2. The summed E-state index contributed by atoms with van der Waals surface area (Å²) in [6.45, 7) is 0. The monoisotopic (exact) mass is 297 g/mol. The van der Waals surface area contributed by atoms with Gasteiger partial charge in [-0.05, 0) is 33.6 Å². The molecule has 1 heterocycles. The molecule has 1 unspecified atom stereocenters. The van der Waals surface area contributed by atoms with Crippen molar-refractivity contribution in [1.82, 2.24) is 10.2 Å². The summed E-state index contributed by atoms with van der Waals surface area (Å²) in [6, 6.07) is 4.90. The molecule has 0 aromatic heterocycles. The number of likely N-dealkylation sites (N-methyl/N-ethyl adjacent to an activating group) is 1. The number of hydrogen-bond acceptors (Lipinski definition) is 3. The lowest BCUT2D eigenvalue weighted by Gasteiger charge is -2.18. The lowest BCUT2D eigenvalue weighted by Crippen LogP contribution is -2.25. The third-order valence-corrected chi connectivity index (χ3v) is 3.33. The predicted molar refractivity (Wildman–Crippen MR) is 67.5 cm³/mol. The summed E-state index contributed by atoms with van der Waals surface area (Å²) in [5.41, 5.74) is 0.864. The Labute approximate surface area is 107 Å². The van der Waals surface area contributed by atoms with Gasteiger partial charge in [-0.3, -0.25) is 10.7 Å². The van der Waals surface area contributed by atoms with Crippen molar-refractivity contribution >= 4 is 27.8 Å². The maximum absolute atomic E-state index is 11.4. The van der Waals surface area contributed by atoms with Crippen molar-refractivity contribution in [3.8, 4) is 5.75 Å². The van der Waals surface area contributed by atoms with Gasteiger partial charge in [0.1, 0.15) is 17.6 Å². The molecule has 2 amide bonds. The zero-order valence-corrected chi connectivity index (χ0v) is 11.0. The van der Waals surface area contributed by atoms with Gasteiger partial charge in [-0.25, -0.2) is 4.79 Å². The van der Waals surface area contributed by atoms with Crippen LogP contribution in [-0.2, 0) is 0 Å². The van der Waals surface area contributed by atoms with Crippen LogP contribution >= 0.6 is 15.9 Å². The highest BCUT2D eigenvalue weighted by molar-refractivity contribution is 9.10. The Kier molecular flexibility index (Phi) is 3.06. The molecule has 2 rings (SSSR count). The van der Waals surface area contributed by atoms with Crippen LogP contribution in [0.2, 0.25) is 0 Å². The number of nitrogens with zero attached hydrogens (tertiary/aromatic N) is 1. The molecule has 1 aliphatic heterocycles. The van der Waals surface area contributed by atoms with E-state index in [4.69, 9.17) is 10.1 Å². The first-order valence-corrected chi connectivity index (χ1v) is 5.79. The second-order valence-electron chi connectivity index (χ2n) is 3.75. The van der Waals surface area contributed by atoms with Crippen LogP contribution in [0, 0.1) is 5.41 Å². The van der Waals surface area contributed by atoms with Gasteiger partial charge in [0, 0.05) is 7.05 Å². The number of urea groups is 1. The van der Waals surface area contributed by atoms with E-state index in [9.17, 15) is 4.79 Å². The Bertz CT molecular complexity index is 490. The lowest BCUT2D eigenvalue weighted by atomic mass is 10.1. The van der Waals surface area contributed by atoms with Crippen molar-refractivity contribution < 1.29 is 9.53 Å². The molecule has 1 saturated heterocycles. The van der Waals surface area contributed by atoms with Crippen LogP contribution < -0.4 is 10.1 Å². The summed E-state index contributed by atoms with van der Waals surface area (Å²) in [7, 11) is 3.26. The molecule has 1 atom stereocenters. The molecule has 6 heteroatoms. The third-order valence-electron chi connectivity index (χ3n) is 2.71. The molecule has 1 aromatic rings. The number of carbonyl (C=O) groups excluding carboxylic acids is 1. The molecule has 0 spiro atoms. The average Bonchev–Trinajstić information content (AvgIpc) is 2.53.